The Labute approximate surface area is 136 Å². The van der Waals surface area contributed by atoms with Gasteiger partial charge in [0.2, 0.25) is 0 Å². The second-order valence-electron chi connectivity index (χ2n) is 6.77. The molecule has 2 aromatic carbocycles. The second kappa shape index (κ2) is 6.53. The Kier molecular flexibility index (Phi) is 4.92. The highest BCUT2D eigenvalue weighted by atomic mass is 28.3. The quantitative estimate of drug-likeness (QED) is 0.637. The zero-order valence-corrected chi connectivity index (χ0v) is 15.2. The van der Waals surface area contributed by atoms with Crippen molar-refractivity contribution < 1.29 is 4.43 Å². The molecule has 0 atom stereocenters. The fourth-order valence-electron chi connectivity index (χ4n) is 2.47. The molecule has 0 unspecified atom stereocenters. The summed E-state index contributed by atoms with van der Waals surface area (Å²) in [4.78, 5) is 0. The molecule has 0 spiro atoms. The molecular weight excluding hydrogens is 284 g/mol. The number of rotatable bonds is 4. The summed E-state index contributed by atoms with van der Waals surface area (Å²) in [6.45, 7) is 14.9. The van der Waals surface area contributed by atoms with Crippen LogP contribution in [-0.4, -0.2) is 9.04 Å². The molecule has 0 aliphatic carbocycles. The Bertz CT molecular complexity index is 648. The van der Waals surface area contributed by atoms with Gasteiger partial charge in [0, 0.05) is 5.56 Å². The number of hydrogen-bond donors (Lipinski definition) is 0. The van der Waals surface area contributed by atoms with Crippen LogP contribution in [0.5, 0.6) is 5.75 Å². The van der Waals surface area contributed by atoms with Crippen LogP contribution in [0.1, 0.15) is 31.9 Å². The van der Waals surface area contributed by atoms with Crippen LogP contribution in [0.2, 0.25) is 13.1 Å². The average Bonchev–Trinajstić information content (AvgIpc) is 2.46. The minimum atomic E-state index is -0.826. The molecule has 0 saturated heterocycles. The van der Waals surface area contributed by atoms with Crippen LogP contribution >= 0.6 is 0 Å². The number of hydrogen-bond acceptors (Lipinski definition) is 1. The third kappa shape index (κ3) is 3.69. The zero-order chi connectivity index (χ0) is 16.3. The fraction of sp³-hybridized carbons (Fsp3) is 0.300. The molecule has 0 fully saturated rings. The minimum Gasteiger partial charge on any atom is -0.542 e. The summed E-state index contributed by atoms with van der Waals surface area (Å²) in [6, 6.07) is 14.9. The van der Waals surface area contributed by atoms with E-state index in [1.165, 1.54) is 16.7 Å². The smallest absolute Gasteiger partial charge is 0.274 e. The molecule has 115 valence electrons. The molecule has 1 radical (unpaired) electrons. The maximum Gasteiger partial charge on any atom is 0.274 e. The number of para-hydroxylation sites is 1. The summed E-state index contributed by atoms with van der Waals surface area (Å²) < 4.78 is 6.30. The first-order valence-electron chi connectivity index (χ1n) is 7.67. The van der Waals surface area contributed by atoms with Gasteiger partial charge < -0.3 is 4.43 Å². The summed E-state index contributed by atoms with van der Waals surface area (Å²) in [6.07, 6.45) is 1.87. The van der Waals surface area contributed by atoms with Gasteiger partial charge in [-0.15, -0.1) is 0 Å². The van der Waals surface area contributed by atoms with Crippen LogP contribution < -0.4 is 4.43 Å². The van der Waals surface area contributed by atoms with E-state index in [4.69, 9.17) is 4.43 Å². The third-order valence-electron chi connectivity index (χ3n) is 3.59. The first kappa shape index (κ1) is 16.6. The van der Waals surface area contributed by atoms with Gasteiger partial charge in [-0.3, -0.25) is 0 Å². The lowest BCUT2D eigenvalue weighted by atomic mass is 9.84. The van der Waals surface area contributed by atoms with E-state index in [-0.39, 0.29) is 5.41 Å². The van der Waals surface area contributed by atoms with Gasteiger partial charge in [-0.2, -0.15) is 0 Å². The lowest BCUT2D eigenvalue weighted by molar-refractivity contribution is 0.522. The van der Waals surface area contributed by atoms with E-state index in [1.807, 2.05) is 6.08 Å². The topological polar surface area (TPSA) is 9.23 Å². The monoisotopic (exact) mass is 309 g/mol. The molecule has 0 heterocycles. The molecule has 2 heteroatoms. The SMILES string of the molecule is C=Cc1ccc(-c2cccc(C(C)(C)C)c2O[Si](C)C)cc1. The summed E-state index contributed by atoms with van der Waals surface area (Å²) in [5.74, 6) is 1.04. The lowest BCUT2D eigenvalue weighted by Gasteiger charge is -2.26. The van der Waals surface area contributed by atoms with Crippen molar-refractivity contribution in [3.8, 4) is 16.9 Å². The standard InChI is InChI=1S/C20H25OSi/c1-7-15-11-13-16(14-12-15)17-9-8-10-18(20(2,3)4)19(17)21-22(5)6/h7-14H,1H2,2-6H3. The summed E-state index contributed by atoms with van der Waals surface area (Å²) >= 11 is 0. The van der Waals surface area contributed by atoms with Crippen LogP contribution in [0.15, 0.2) is 49.0 Å². The Morgan fingerprint density at radius 2 is 1.64 bits per heavy atom. The van der Waals surface area contributed by atoms with E-state index in [9.17, 15) is 0 Å². The van der Waals surface area contributed by atoms with Gasteiger partial charge in [-0.05, 0) is 35.2 Å². The predicted molar refractivity (Wildman–Crippen MR) is 98.8 cm³/mol. The Morgan fingerprint density at radius 1 is 1.00 bits per heavy atom. The van der Waals surface area contributed by atoms with Crippen LogP contribution in [0.25, 0.3) is 17.2 Å². The fourth-order valence-corrected chi connectivity index (χ4v) is 3.10. The zero-order valence-electron chi connectivity index (χ0n) is 14.2. The molecule has 2 rings (SSSR count). The lowest BCUT2D eigenvalue weighted by Crippen LogP contribution is -2.18. The molecule has 0 bridgehead atoms. The van der Waals surface area contributed by atoms with Crippen molar-refractivity contribution in [3.63, 3.8) is 0 Å². The van der Waals surface area contributed by atoms with Gasteiger partial charge in [-0.1, -0.05) is 75.9 Å². The predicted octanol–water partition coefficient (Wildman–Crippen LogP) is 5.92. The molecule has 0 aromatic heterocycles. The van der Waals surface area contributed by atoms with E-state index in [0.29, 0.717) is 0 Å². The maximum absolute atomic E-state index is 6.30. The van der Waals surface area contributed by atoms with Crippen LogP contribution in [-0.2, 0) is 5.41 Å². The van der Waals surface area contributed by atoms with Gasteiger partial charge >= 0.3 is 0 Å². The average molecular weight is 310 g/mol. The number of benzene rings is 2. The van der Waals surface area contributed by atoms with E-state index in [1.54, 1.807) is 0 Å². The molecule has 0 aliphatic rings. The van der Waals surface area contributed by atoms with Crippen LogP contribution in [0, 0.1) is 0 Å². The Hall–Kier alpha value is -1.80. The van der Waals surface area contributed by atoms with Crippen molar-refractivity contribution in [1.29, 1.82) is 0 Å². The van der Waals surface area contributed by atoms with Gasteiger partial charge in [0.05, 0.1) is 0 Å². The highest BCUT2D eigenvalue weighted by Gasteiger charge is 2.22. The summed E-state index contributed by atoms with van der Waals surface area (Å²) in [7, 11) is -0.826. The van der Waals surface area contributed by atoms with Gasteiger partial charge in [0.25, 0.3) is 9.04 Å². The molecular formula is C20H25OSi. The molecule has 0 amide bonds. The van der Waals surface area contributed by atoms with Gasteiger partial charge in [0.15, 0.2) is 0 Å². The molecule has 22 heavy (non-hydrogen) atoms. The summed E-state index contributed by atoms with van der Waals surface area (Å²) in [5.41, 5.74) is 4.83. The largest absolute Gasteiger partial charge is 0.542 e. The highest BCUT2D eigenvalue weighted by Crippen LogP contribution is 2.39. The molecule has 0 aliphatic heterocycles. The minimum absolute atomic E-state index is 0.0592. The van der Waals surface area contributed by atoms with Crippen molar-refractivity contribution in [2.45, 2.75) is 39.3 Å². The molecule has 2 aromatic rings. The van der Waals surface area contributed by atoms with Crippen molar-refractivity contribution in [2.24, 2.45) is 0 Å². The Balaban J connectivity index is 2.60. The van der Waals surface area contributed by atoms with Gasteiger partial charge in [-0.25, -0.2) is 0 Å². The first-order valence-corrected chi connectivity index (χ1v) is 10.1. The molecule has 0 N–H and O–H groups in total. The normalized spacial score (nSPS) is 11.5. The van der Waals surface area contributed by atoms with Crippen molar-refractivity contribution in [3.05, 3.63) is 60.2 Å². The van der Waals surface area contributed by atoms with E-state index in [0.717, 1.165) is 11.3 Å². The maximum atomic E-state index is 6.30. The van der Waals surface area contributed by atoms with E-state index >= 15 is 0 Å². The van der Waals surface area contributed by atoms with E-state index < -0.39 is 9.04 Å². The van der Waals surface area contributed by atoms with Crippen LogP contribution in [0.4, 0.5) is 0 Å². The van der Waals surface area contributed by atoms with Crippen molar-refractivity contribution in [2.75, 3.05) is 0 Å². The highest BCUT2D eigenvalue weighted by molar-refractivity contribution is 6.49. The second-order valence-corrected chi connectivity index (χ2v) is 8.79. The molecule has 0 saturated carbocycles. The molecule has 1 nitrogen and oxygen atoms in total. The third-order valence-corrected chi connectivity index (χ3v) is 4.20. The first-order chi connectivity index (χ1) is 10.3. The van der Waals surface area contributed by atoms with Gasteiger partial charge in [0.1, 0.15) is 5.75 Å². The van der Waals surface area contributed by atoms with Crippen molar-refractivity contribution in [1.82, 2.24) is 0 Å². The summed E-state index contributed by atoms with van der Waals surface area (Å²) in [5, 5.41) is 0. The van der Waals surface area contributed by atoms with E-state index in [2.05, 4.69) is 82.9 Å². The van der Waals surface area contributed by atoms with Crippen LogP contribution in [0.3, 0.4) is 0 Å². The Morgan fingerprint density at radius 3 is 2.14 bits per heavy atom. The van der Waals surface area contributed by atoms with Crippen molar-refractivity contribution >= 4 is 15.1 Å².